The van der Waals surface area contributed by atoms with Crippen molar-refractivity contribution in [2.45, 2.75) is 13.2 Å². The Bertz CT molecular complexity index is 736. The zero-order valence-corrected chi connectivity index (χ0v) is 13.4. The van der Waals surface area contributed by atoms with Crippen LogP contribution in [0.4, 0.5) is 19.3 Å². The van der Waals surface area contributed by atoms with E-state index >= 15 is 0 Å². The predicted molar refractivity (Wildman–Crippen MR) is 88.8 cm³/mol. The highest BCUT2D eigenvalue weighted by atomic mass is 19.3. The van der Waals surface area contributed by atoms with E-state index in [2.05, 4.69) is 20.7 Å². The number of rotatable bonds is 6. The molecule has 0 aliphatic heterocycles. The van der Waals surface area contributed by atoms with Crippen LogP contribution in [-0.4, -0.2) is 25.6 Å². The van der Waals surface area contributed by atoms with E-state index in [1.807, 2.05) is 0 Å². The average molecular weight is 349 g/mol. The number of halogens is 2. The smallest absolute Gasteiger partial charge is 0.387 e. The number of ether oxygens (including phenoxy) is 1. The van der Waals surface area contributed by atoms with Crippen LogP contribution in [0.25, 0.3) is 0 Å². The standard InChI is InChI=1S/C17H17F2N3O3/c1-20-15(23)12-7-5-11(6-8-12)10-21-17(24)22-13-3-2-4-14(9-13)25-16(18)19/h2-9,16H,10H2,1H3,(H,20,23)(H2,21,22,24). The van der Waals surface area contributed by atoms with Crippen molar-refractivity contribution in [3.63, 3.8) is 0 Å². The van der Waals surface area contributed by atoms with Gasteiger partial charge in [-0.05, 0) is 29.8 Å². The number of carbonyl (C=O) groups excluding carboxylic acids is 2. The van der Waals surface area contributed by atoms with Crippen LogP contribution < -0.4 is 20.7 Å². The van der Waals surface area contributed by atoms with Gasteiger partial charge in [0.05, 0.1) is 0 Å². The van der Waals surface area contributed by atoms with Crippen LogP contribution in [0.5, 0.6) is 5.75 Å². The summed E-state index contributed by atoms with van der Waals surface area (Å²) < 4.78 is 28.6. The van der Waals surface area contributed by atoms with E-state index in [1.165, 1.54) is 18.2 Å². The molecule has 25 heavy (non-hydrogen) atoms. The quantitative estimate of drug-likeness (QED) is 0.750. The van der Waals surface area contributed by atoms with Gasteiger partial charge in [-0.3, -0.25) is 4.79 Å². The number of amides is 3. The van der Waals surface area contributed by atoms with Crippen LogP contribution in [0.15, 0.2) is 48.5 Å². The fourth-order valence-corrected chi connectivity index (χ4v) is 2.03. The fourth-order valence-electron chi connectivity index (χ4n) is 2.03. The van der Waals surface area contributed by atoms with E-state index in [1.54, 1.807) is 37.4 Å². The predicted octanol–water partition coefficient (Wildman–Crippen LogP) is 2.97. The van der Waals surface area contributed by atoms with Gasteiger partial charge in [0, 0.05) is 30.9 Å². The Kier molecular flexibility index (Phi) is 6.27. The molecule has 132 valence electrons. The van der Waals surface area contributed by atoms with Gasteiger partial charge < -0.3 is 20.7 Å². The van der Waals surface area contributed by atoms with Gasteiger partial charge >= 0.3 is 12.6 Å². The average Bonchev–Trinajstić information content (AvgIpc) is 2.59. The summed E-state index contributed by atoms with van der Waals surface area (Å²) in [5.74, 6) is -0.235. The van der Waals surface area contributed by atoms with Gasteiger partial charge in [0.1, 0.15) is 5.75 Å². The van der Waals surface area contributed by atoms with E-state index in [0.717, 1.165) is 5.56 Å². The highest BCUT2D eigenvalue weighted by molar-refractivity contribution is 5.94. The number of benzene rings is 2. The van der Waals surface area contributed by atoms with Gasteiger partial charge in [-0.1, -0.05) is 18.2 Å². The number of carbonyl (C=O) groups is 2. The lowest BCUT2D eigenvalue weighted by Crippen LogP contribution is -2.28. The van der Waals surface area contributed by atoms with Crippen molar-refractivity contribution < 1.29 is 23.1 Å². The van der Waals surface area contributed by atoms with Crippen molar-refractivity contribution in [1.29, 1.82) is 0 Å². The normalized spacial score (nSPS) is 10.2. The molecule has 0 aliphatic rings. The van der Waals surface area contributed by atoms with Gasteiger partial charge in [-0.15, -0.1) is 0 Å². The van der Waals surface area contributed by atoms with Crippen LogP contribution in [0, 0.1) is 0 Å². The van der Waals surface area contributed by atoms with E-state index in [9.17, 15) is 18.4 Å². The molecule has 0 fully saturated rings. The first-order chi connectivity index (χ1) is 12.0. The summed E-state index contributed by atoms with van der Waals surface area (Å²) in [6.07, 6.45) is 0. The lowest BCUT2D eigenvalue weighted by atomic mass is 10.1. The number of hydrogen-bond donors (Lipinski definition) is 3. The minimum atomic E-state index is -2.93. The maximum absolute atomic E-state index is 12.2. The van der Waals surface area contributed by atoms with Gasteiger partial charge in [0.2, 0.25) is 0 Å². The molecule has 2 aromatic rings. The number of nitrogens with one attached hydrogen (secondary N) is 3. The summed E-state index contributed by atoms with van der Waals surface area (Å²) in [4.78, 5) is 23.3. The topological polar surface area (TPSA) is 79.5 Å². The van der Waals surface area contributed by atoms with E-state index in [4.69, 9.17) is 0 Å². The number of anilines is 1. The SMILES string of the molecule is CNC(=O)c1ccc(CNC(=O)Nc2cccc(OC(F)F)c2)cc1. The number of urea groups is 1. The third-order valence-corrected chi connectivity index (χ3v) is 3.21. The summed E-state index contributed by atoms with van der Waals surface area (Å²) in [5, 5.41) is 7.67. The second kappa shape index (κ2) is 8.62. The maximum atomic E-state index is 12.2. The van der Waals surface area contributed by atoms with Crippen molar-refractivity contribution in [3.05, 3.63) is 59.7 Å². The molecule has 0 spiro atoms. The monoisotopic (exact) mass is 349 g/mol. The van der Waals surface area contributed by atoms with Crippen molar-refractivity contribution in [1.82, 2.24) is 10.6 Å². The summed E-state index contributed by atoms with van der Waals surface area (Å²) >= 11 is 0. The molecule has 2 aromatic carbocycles. The molecule has 3 amide bonds. The van der Waals surface area contributed by atoms with E-state index in [-0.39, 0.29) is 18.2 Å². The van der Waals surface area contributed by atoms with Crippen LogP contribution in [0.1, 0.15) is 15.9 Å². The second-order valence-corrected chi connectivity index (χ2v) is 4.99. The van der Waals surface area contributed by atoms with Gasteiger partial charge in [0.15, 0.2) is 0 Å². The van der Waals surface area contributed by atoms with Crippen LogP contribution >= 0.6 is 0 Å². The maximum Gasteiger partial charge on any atom is 0.387 e. The van der Waals surface area contributed by atoms with Crippen LogP contribution in [-0.2, 0) is 6.54 Å². The Hall–Kier alpha value is -3.16. The Morgan fingerprint density at radius 1 is 1.12 bits per heavy atom. The first-order valence-corrected chi connectivity index (χ1v) is 7.38. The van der Waals surface area contributed by atoms with Crippen molar-refractivity contribution in [2.75, 3.05) is 12.4 Å². The third kappa shape index (κ3) is 5.76. The van der Waals surface area contributed by atoms with Gasteiger partial charge in [0.25, 0.3) is 5.91 Å². The molecular formula is C17H17F2N3O3. The summed E-state index contributed by atoms with van der Waals surface area (Å²) in [5.41, 5.74) is 1.65. The minimum absolute atomic E-state index is 0.0439. The summed E-state index contributed by atoms with van der Waals surface area (Å²) in [7, 11) is 1.55. The highest BCUT2D eigenvalue weighted by Crippen LogP contribution is 2.19. The Morgan fingerprint density at radius 3 is 2.48 bits per heavy atom. The molecule has 0 radical (unpaired) electrons. The minimum Gasteiger partial charge on any atom is -0.435 e. The van der Waals surface area contributed by atoms with Crippen LogP contribution in [0.2, 0.25) is 0 Å². The molecule has 2 rings (SSSR count). The first-order valence-electron chi connectivity index (χ1n) is 7.38. The Labute approximate surface area is 143 Å². The van der Waals surface area contributed by atoms with Gasteiger partial charge in [-0.2, -0.15) is 8.78 Å². The first kappa shape index (κ1) is 18.2. The van der Waals surface area contributed by atoms with E-state index in [0.29, 0.717) is 11.3 Å². The third-order valence-electron chi connectivity index (χ3n) is 3.21. The Balaban J connectivity index is 1.87. The second-order valence-electron chi connectivity index (χ2n) is 4.99. The molecule has 0 aliphatic carbocycles. The molecule has 0 bridgehead atoms. The van der Waals surface area contributed by atoms with Crippen molar-refractivity contribution in [2.24, 2.45) is 0 Å². The molecule has 6 nitrogen and oxygen atoms in total. The lowest BCUT2D eigenvalue weighted by Gasteiger charge is -2.10. The van der Waals surface area contributed by atoms with Gasteiger partial charge in [-0.25, -0.2) is 4.79 Å². The van der Waals surface area contributed by atoms with E-state index < -0.39 is 12.6 Å². The molecule has 3 N–H and O–H groups in total. The molecule has 0 saturated carbocycles. The molecular weight excluding hydrogens is 332 g/mol. The van der Waals surface area contributed by atoms with Crippen molar-refractivity contribution >= 4 is 17.6 Å². The molecule has 0 aromatic heterocycles. The molecule has 0 unspecified atom stereocenters. The number of hydrogen-bond acceptors (Lipinski definition) is 3. The molecule has 0 heterocycles. The highest BCUT2D eigenvalue weighted by Gasteiger charge is 2.07. The summed E-state index contributed by atoms with van der Waals surface area (Å²) in [6, 6.07) is 12.0. The lowest BCUT2D eigenvalue weighted by molar-refractivity contribution is -0.0498. The largest absolute Gasteiger partial charge is 0.435 e. The zero-order valence-electron chi connectivity index (χ0n) is 13.4. The molecule has 0 atom stereocenters. The zero-order chi connectivity index (χ0) is 18.2. The van der Waals surface area contributed by atoms with Crippen molar-refractivity contribution in [3.8, 4) is 5.75 Å². The summed E-state index contributed by atoms with van der Waals surface area (Å²) in [6.45, 7) is -2.69. The Morgan fingerprint density at radius 2 is 1.84 bits per heavy atom. The number of alkyl halides is 2. The molecule has 8 heteroatoms. The fraction of sp³-hybridized carbons (Fsp3) is 0.176. The molecule has 0 saturated heterocycles. The van der Waals surface area contributed by atoms with Crippen LogP contribution in [0.3, 0.4) is 0 Å².